The van der Waals surface area contributed by atoms with Crippen LogP contribution < -0.4 is 4.74 Å². The van der Waals surface area contributed by atoms with Crippen molar-refractivity contribution in [2.75, 3.05) is 7.11 Å². The molecule has 0 aliphatic rings. The summed E-state index contributed by atoms with van der Waals surface area (Å²) in [6.07, 6.45) is 0. The molecule has 0 N–H and O–H groups in total. The number of esters is 1. The third-order valence-electron chi connectivity index (χ3n) is 4.28. The van der Waals surface area contributed by atoms with Crippen molar-refractivity contribution in [3.63, 3.8) is 0 Å². The molecule has 3 aromatic carbocycles. The fourth-order valence-corrected chi connectivity index (χ4v) is 2.91. The normalized spacial score (nSPS) is 10.8. The van der Waals surface area contributed by atoms with Gasteiger partial charge in [-0.25, -0.2) is 9.78 Å². The Bertz CT molecular complexity index is 1100. The van der Waals surface area contributed by atoms with Gasteiger partial charge < -0.3 is 9.47 Å². The van der Waals surface area contributed by atoms with E-state index in [1.807, 2.05) is 66.7 Å². The number of hydrogen-bond acceptors (Lipinski definition) is 4. The SMILES string of the molecule is COC(=O)c1ccc2ccc(OCc3ccc4ccccc4n3)cc2c1. The molecule has 1 aromatic heterocycles. The molecule has 0 bridgehead atoms. The van der Waals surface area contributed by atoms with E-state index in [4.69, 9.17) is 9.47 Å². The van der Waals surface area contributed by atoms with Crippen LogP contribution in [0.5, 0.6) is 5.75 Å². The summed E-state index contributed by atoms with van der Waals surface area (Å²) in [6.45, 7) is 0.382. The number of rotatable bonds is 4. The quantitative estimate of drug-likeness (QED) is 0.502. The number of aromatic nitrogens is 1. The van der Waals surface area contributed by atoms with E-state index >= 15 is 0 Å². The van der Waals surface area contributed by atoms with Crippen LogP contribution in [0, 0.1) is 0 Å². The molecular weight excluding hydrogens is 326 g/mol. The summed E-state index contributed by atoms with van der Waals surface area (Å²) in [5, 5.41) is 3.07. The van der Waals surface area contributed by atoms with Gasteiger partial charge in [0.15, 0.2) is 0 Å². The molecular formula is C22H17NO3. The van der Waals surface area contributed by atoms with Crippen molar-refractivity contribution in [1.82, 2.24) is 4.98 Å². The molecule has 0 unspecified atom stereocenters. The first-order chi connectivity index (χ1) is 12.7. The molecule has 0 fully saturated rings. The number of carbonyl (C=O) groups is 1. The van der Waals surface area contributed by atoms with Crippen LogP contribution >= 0.6 is 0 Å². The molecule has 4 heteroatoms. The van der Waals surface area contributed by atoms with Crippen molar-refractivity contribution in [1.29, 1.82) is 0 Å². The number of carbonyl (C=O) groups excluding carboxylic acids is 1. The number of pyridine rings is 1. The zero-order valence-corrected chi connectivity index (χ0v) is 14.3. The van der Waals surface area contributed by atoms with E-state index in [9.17, 15) is 4.79 Å². The lowest BCUT2D eigenvalue weighted by Gasteiger charge is -2.08. The topological polar surface area (TPSA) is 48.4 Å². The zero-order valence-electron chi connectivity index (χ0n) is 14.3. The average molecular weight is 343 g/mol. The zero-order chi connectivity index (χ0) is 17.9. The smallest absolute Gasteiger partial charge is 0.337 e. The fraction of sp³-hybridized carbons (Fsp3) is 0.0909. The van der Waals surface area contributed by atoms with Gasteiger partial charge in [-0.1, -0.05) is 36.4 Å². The van der Waals surface area contributed by atoms with Crippen LogP contribution in [-0.2, 0) is 11.3 Å². The van der Waals surface area contributed by atoms with Crippen LogP contribution in [0.3, 0.4) is 0 Å². The van der Waals surface area contributed by atoms with Gasteiger partial charge in [-0.15, -0.1) is 0 Å². The van der Waals surface area contributed by atoms with Gasteiger partial charge in [-0.05, 0) is 47.2 Å². The second-order valence-electron chi connectivity index (χ2n) is 6.00. The lowest BCUT2D eigenvalue weighted by molar-refractivity contribution is 0.0601. The van der Waals surface area contributed by atoms with Gasteiger partial charge in [-0.2, -0.15) is 0 Å². The molecule has 128 valence electrons. The Hall–Kier alpha value is -3.40. The molecule has 1 heterocycles. The summed E-state index contributed by atoms with van der Waals surface area (Å²) in [5.74, 6) is 0.382. The minimum Gasteiger partial charge on any atom is -0.487 e. The Morgan fingerprint density at radius 3 is 2.58 bits per heavy atom. The maximum Gasteiger partial charge on any atom is 0.337 e. The summed E-state index contributed by atoms with van der Waals surface area (Å²) < 4.78 is 10.7. The first kappa shape index (κ1) is 16.1. The van der Waals surface area contributed by atoms with Crippen LogP contribution in [0.15, 0.2) is 72.8 Å². The largest absolute Gasteiger partial charge is 0.487 e. The van der Waals surface area contributed by atoms with Crippen molar-refractivity contribution < 1.29 is 14.3 Å². The molecule has 0 saturated carbocycles. The van der Waals surface area contributed by atoms with Crippen molar-refractivity contribution in [3.8, 4) is 5.75 Å². The fourth-order valence-electron chi connectivity index (χ4n) is 2.91. The van der Waals surface area contributed by atoms with Crippen LogP contribution in [-0.4, -0.2) is 18.1 Å². The molecule has 0 aliphatic carbocycles. The Balaban J connectivity index is 1.56. The van der Waals surface area contributed by atoms with Crippen LogP contribution in [0.25, 0.3) is 21.7 Å². The first-order valence-corrected chi connectivity index (χ1v) is 8.32. The number of benzene rings is 3. The number of hydrogen-bond donors (Lipinski definition) is 0. The minimum atomic E-state index is -0.349. The second kappa shape index (κ2) is 6.84. The number of ether oxygens (including phenoxy) is 2. The Morgan fingerprint density at radius 2 is 1.69 bits per heavy atom. The van der Waals surface area contributed by atoms with Gasteiger partial charge in [-0.3, -0.25) is 0 Å². The molecule has 26 heavy (non-hydrogen) atoms. The van der Waals surface area contributed by atoms with E-state index < -0.39 is 0 Å². The van der Waals surface area contributed by atoms with Crippen molar-refractivity contribution in [2.24, 2.45) is 0 Å². The van der Waals surface area contributed by atoms with Crippen LogP contribution in [0.2, 0.25) is 0 Å². The molecule has 4 rings (SSSR count). The molecule has 4 aromatic rings. The van der Waals surface area contributed by atoms with Crippen molar-refractivity contribution >= 4 is 27.6 Å². The van der Waals surface area contributed by atoms with Crippen molar-refractivity contribution in [3.05, 3.63) is 84.1 Å². The highest BCUT2D eigenvalue weighted by atomic mass is 16.5. The Labute approximate surface area is 151 Å². The molecule has 0 spiro atoms. The third-order valence-corrected chi connectivity index (χ3v) is 4.28. The molecule has 0 saturated heterocycles. The molecule has 0 aliphatic heterocycles. The summed E-state index contributed by atoms with van der Waals surface area (Å²) in [5.41, 5.74) is 2.34. The summed E-state index contributed by atoms with van der Waals surface area (Å²) in [6, 6.07) is 23.3. The third kappa shape index (κ3) is 3.22. The molecule has 4 nitrogen and oxygen atoms in total. The predicted molar refractivity (Wildman–Crippen MR) is 101 cm³/mol. The van der Waals surface area contributed by atoms with Gasteiger partial charge in [0.25, 0.3) is 0 Å². The number of fused-ring (bicyclic) bond motifs is 2. The minimum absolute atomic E-state index is 0.349. The number of methoxy groups -OCH3 is 1. The maximum absolute atomic E-state index is 11.7. The van der Waals surface area contributed by atoms with Crippen LogP contribution in [0.1, 0.15) is 16.1 Å². The summed E-state index contributed by atoms with van der Waals surface area (Å²) >= 11 is 0. The van der Waals surface area contributed by atoms with Crippen LogP contribution in [0.4, 0.5) is 0 Å². The predicted octanol–water partition coefficient (Wildman–Crippen LogP) is 4.75. The average Bonchev–Trinajstić information content (AvgIpc) is 2.70. The van der Waals surface area contributed by atoms with E-state index in [-0.39, 0.29) is 5.97 Å². The standard InChI is InChI=1S/C22H17NO3/c1-25-22(24)17-7-6-15-9-11-20(13-18(15)12-17)26-14-19-10-8-16-4-2-3-5-21(16)23-19/h2-13H,14H2,1H3. The summed E-state index contributed by atoms with van der Waals surface area (Å²) in [4.78, 5) is 16.3. The maximum atomic E-state index is 11.7. The monoisotopic (exact) mass is 343 g/mol. The lowest BCUT2D eigenvalue weighted by atomic mass is 10.1. The van der Waals surface area contributed by atoms with Gasteiger partial charge in [0.1, 0.15) is 12.4 Å². The van der Waals surface area contributed by atoms with E-state index in [0.29, 0.717) is 12.2 Å². The highest BCUT2D eigenvalue weighted by Crippen LogP contribution is 2.23. The Kier molecular flexibility index (Phi) is 4.23. The number of nitrogens with zero attached hydrogens (tertiary/aromatic N) is 1. The highest BCUT2D eigenvalue weighted by molar-refractivity contribution is 5.95. The molecule has 0 radical (unpaired) electrons. The van der Waals surface area contributed by atoms with Crippen molar-refractivity contribution in [2.45, 2.75) is 6.61 Å². The highest BCUT2D eigenvalue weighted by Gasteiger charge is 2.07. The van der Waals surface area contributed by atoms with Gasteiger partial charge in [0.05, 0.1) is 23.9 Å². The molecule has 0 amide bonds. The van der Waals surface area contributed by atoms with E-state index in [1.54, 1.807) is 6.07 Å². The van der Waals surface area contributed by atoms with E-state index in [2.05, 4.69) is 4.98 Å². The summed E-state index contributed by atoms with van der Waals surface area (Å²) in [7, 11) is 1.38. The van der Waals surface area contributed by atoms with Gasteiger partial charge in [0.2, 0.25) is 0 Å². The molecule has 0 atom stereocenters. The second-order valence-corrected chi connectivity index (χ2v) is 6.00. The van der Waals surface area contributed by atoms with Gasteiger partial charge in [0, 0.05) is 5.39 Å². The van der Waals surface area contributed by atoms with E-state index in [0.717, 1.165) is 33.1 Å². The van der Waals surface area contributed by atoms with Gasteiger partial charge >= 0.3 is 5.97 Å². The Morgan fingerprint density at radius 1 is 0.885 bits per heavy atom. The number of para-hydroxylation sites is 1. The van der Waals surface area contributed by atoms with E-state index in [1.165, 1.54) is 7.11 Å². The first-order valence-electron chi connectivity index (χ1n) is 8.32. The lowest BCUT2D eigenvalue weighted by Crippen LogP contribution is -2.01.